The van der Waals surface area contributed by atoms with Crippen LogP contribution in [0.1, 0.15) is 10.4 Å². The zero-order chi connectivity index (χ0) is 12.3. The van der Waals surface area contributed by atoms with Gasteiger partial charge in [0.2, 0.25) is 0 Å². The number of carbonyl (C=O) groups is 1. The Bertz CT molecular complexity index is 563. The maximum atomic E-state index is 10.8. The predicted octanol–water partition coefficient (Wildman–Crippen LogP) is 2.98. The second kappa shape index (κ2) is 5.16. The van der Waals surface area contributed by atoms with Gasteiger partial charge in [0, 0.05) is 4.90 Å². The van der Waals surface area contributed by atoms with Crippen LogP contribution >= 0.6 is 23.4 Å². The summed E-state index contributed by atoms with van der Waals surface area (Å²) < 4.78 is 0. The van der Waals surface area contributed by atoms with Crippen LogP contribution in [0.4, 0.5) is 0 Å². The standard InChI is InChI=1S/C11H7ClN2O2S/c12-9-5-13-6-10(14-9)17-8-3-1-2-7(4-8)11(15)16/h1-6H,(H,15,16). The number of aromatic nitrogens is 2. The van der Waals surface area contributed by atoms with Crippen molar-refractivity contribution in [3.8, 4) is 0 Å². The summed E-state index contributed by atoms with van der Waals surface area (Å²) >= 11 is 7.02. The Kier molecular flexibility index (Phi) is 3.61. The van der Waals surface area contributed by atoms with Crippen molar-refractivity contribution in [2.75, 3.05) is 0 Å². The molecule has 2 aromatic rings. The number of rotatable bonds is 3. The van der Waals surface area contributed by atoms with Gasteiger partial charge in [0.15, 0.2) is 0 Å². The van der Waals surface area contributed by atoms with E-state index in [1.807, 2.05) is 0 Å². The lowest BCUT2D eigenvalue weighted by Crippen LogP contribution is -1.95. The molecule has 1 N–H and O–H groups in total. The Morgan fingerprint density at radius 1 is 1.35 bits per heavy atom. The molecule has 1 heterocycles. The Balaban J connectivity index is 2.24. The Morgan fingerprint density at radius 2 is 2.18 bits per heavy atom. The second-order valence-electron chi connectivity index (χ2n) is 3.12. The first kappa shape index (κ1) is 11.9. The molecule has 86 valence electrons. The molecule has 0 saturated heterocycles. The summed E-state index contributed by atoms with van der Waals surface area (Å²) in [6.45, 7) is 0. The van der Waals surface area contributed by atoms with E-state index in [0.29, 0.717) is 10.2 Å². The highest BCUT2D eigenvalue weighted by atomic mass is 35.5. The van der Waals surface area contributed by atoms with E-state index in [1.165, 1.54) is 24.0 Å². The SMILES string of the molecule is O=C(O)c1cccc(Sc2cncc(Cl)n2)c1. The molecule has 2 rings (SSSR count). The zero-order valence-corrected chi connectivity index (χ0v) is 10.1. The zero-order valence-electron chi connectivity index (χ0n) is 8.50. The third-order valence-electron chi connectivity index (χ3n) is 1.89. The maximum Gasteiger partial charge on any atom is 0.335 e. The van der Waals surface area contributed by atoms with Crippen molar-refractivity contribution in [3.05, 3.63) is 47.4 Å². The van der Waals surface area contributed by atoms with E-state index in [4.69, 9.17) is 16.7 Å². The fourth-order valence-electron chi connectivity index (χ4n) is 1.19. The molecule has 0 saturated carbocycles. The summed E-state index contributed by atoms with van der Waals surface area (Å²) in [6, 6.07) is 6.61. The van der Waals surface area contributed by atoms with Gasteiger partial charge in [-0.1, -0.05) is 29.4 Å². The molecular weight excluding hydrogens is 260 g/mol. The fourth-order valence-corrected chi connectivity index (χ4v) is 2.22. The van der Waals surface area contributed by atoms with Crippen molar-refractivity contribution >= 4 is 29.3 Å². The van der Waals surface area contributed by atoms with Crippen LogP contribution in [0.15, 0.2) is 46.6 Å². The van der Waals surface area contributed by atoms with Gasteiger partial charge < -0.3 is 5.11 Å². The van der Waals surface area contributed by atoms with Gasteiger partial charge in [-0.3, -0.25) is 4.98 Å². The Morgan fingerprint density at radius 3 is 2.88 bits per heavy atom. The molecule has 1 aromatic heterocycles. The number of benzene rings is 1. The van der Waals surface area contributed by atoms with Gasteiger partial charge in [0.05, 0.1) is 18.0 Å². The fraction of sp³-hybridized carbons (Fsp3) is 0. The van der Waals surface area contributed by atoms with Gasteiger partial charge in [-0.05, 0) is 18.2 Å². The molecule has 0 aliphatic rings. The Labute approximate surface area is 107 Å². The number of carboxylic acid groups (broad SMARTS) is 1. The molecule has 0 aliphatic heterocycles. The van der Waals surface area contributed by atoms with E-state index < -0.39 is 5.97 Å². The first-order valence-electron chi connectivity index (χ1n) is 4.64. The number of halogens is 1. The molecule has 4 nitrogen and oxygen atoms in total. The summed E-state index contributed by atoms with van der Waals surface area (Å²) in [7, 11) is 0. The van der Waals surface area contributed by atoms with Gasteiger partial charge in [-0.2, -0.15) is 0 Å². The summed E-state index contributed by atoms with van der Waals surface area (Å²) in [6.07, 6.45) is 3.02. The first-order chi connectivity index (χ1) is 8.15. The number of hydrogen-bond donors (Lipinski definition) is 1. The molecule has 0 bridgehead atoms. The van der Waals surface area contributed by atoms with Crippen LogP contribution in [0.25, 0.3) is 0 Å². The highest BCUT2D eigenvalue weighted by Crippen LogP contribution is 2.26. The average molecular weight is 267 g/mol. The third-order valence-corrected chi connectivity index (χ3v) is 2.96. The number of carboxylic acids is 1. The first-order valence-corrected chi connectivity index (χ1v) is 5.83. The molecule has 1 aromatic carbocycles. The smallest absolute Gasteiger partial charge is 0.335 e. The van der Waals surface area contributed by atoms with Gasteiger partial charge in [0.1, 0.15) is 10.2 Å². The van der Waals surface area contributed by atoms with E-state index in [0.717, 1.165) is 4.90 Å². The quantitative estimate of drug-likeness (QED) is 0.925. The highest BCUT2D eigenvalue weighted by molar-refractivity contribution is 7.99. The maximum absolute atomic E-state index is 10.8. The van der Waals surface area contributed by atoms with Crippen LogP contribution in [-0.4, -0.2) is 21.0 Å². The number of aromatic carboxylic acids is 1. The lowest BCUT2D eigenvalue weighted by Gasteiger charge is -2.01. The molecule has 6 heteroatoms. The molecular formula is C11H7ClN2O2S. The Hall–Kier alpha value is -1.59. The highest BCUT2D eigenvalue weighted by Gasteiger charge is 2.05. The van der Waals surface area contributed by atoms with Gasteiger partial charge in [0.25, 0.3) is 0 Å². The van der Waals surface area contributed by atoms with Crippen molar-refractivity contribution in [1.82, 2.24) is 9.97 Å². The monoisotopic (exact) mass is 266 g/mol. The lowest BCUT2D eigenvalue weighted by atomic mass is 10.2. The molecule has 0 spiro atoms. The van der Waals surface area contributed by atoms with Crippen LogP contribution < -0.4 is 0 Å². The van der Waals surface area contributed by atoms with Gasteiger partial charge >= 0.3 is 5.97 Å². The van der Waals surface area contributed by atoms with E-state index in [1.54, 1.807) is 24.4 Å². The topological polar surface area (TPSA) is 63.1 Å². The van der Waals surface area contributed by atoms with Crippen LogP contribution in [-0.2, 0) is 0 Å². The van der Waals surface area contributed by atoms with Gasteiger partial charge in [-0.25, -0.2) is 9.78 Å². The summed E-state index contributed by atoms with van der Waals surface area (Å²) in [5, 5.41) is 9.80. The predicted molar refractivity (Wildman–Crippen MR) is 64.6 cm³/mol. The van der Waals surface area contributed by atoms with Crippen molar-refractivity contribution in [1.29, 1.82) is 0 Å². The van der Waals surface area contributed by atoms with Gasteiger partial charge in [-0.15, -0.1) is 0 Å². The minimum Gasteiger partial charge on any atom is -0.478 e. The van der Waals surface area contributed by atoms with Crippen molar-refractivity contribution in [2.24, 2.45) is 0 Å². The van der Waals surface area contributed by atoms with Crippen LogP contribution in [0.3, 0.4) is 0 Å². The molecule has 0 aliphatic carbocycles. The van der Waals surface area contributed by atoms with Crippen molar-refractivity contribution in [3.63, 3.8) is 0 Å². The molecule has 17 heavy (non-hydrogen) atoms. The molecule has 0 amide bonds. The van der Waals surface area contributed by atoms with Crippen LogP contribution in [0.5, 0.6) is 0 Å². The van der Waals surface area contributed by atoms with Crippen molar-refractivity contribution in [2.45, 2.75) is 9.92 Å². The van der Waals surface area contributed by atoms with E-state index in [9.17, 15) is 4.79 Å². The molecule has 0 unspecified atom stereocenters. The number of hydrogen-bond acceptors (Lipinski definition) is 4. The lowest BCUT2D eigenvalue weighted by molar-refractivity contribution is 0.0696. The van der Waals surface area contributed by atoms with E-state index >= 15 is 0 Å². The third kappa shape index (κ3) is 3.18. The second-order valence-corrected chi connectivity index (χ2v) is 4.60. The minimum absolute atomic E-state index is 0.241. The molecule has 0 fully saturated rings. The van der Waals surface area contributed by atoms with Crippen LogP contribution in [0, 0.1) is 0 Å². The van der Waals surface area contributed by atoms with Crippen molar-refractivity contribution < 1.29 is 9.90 Å². The molecule has 0 atom stereocenters. The van der Waals surface area contributed by atoms with Crippen LogP contribution in [0.2, 0.25) is 5.15 Å². The molecule has 0 radical (unpaired) electrons. The number of nitrogens with zero attached hydrogens (tertiary/aromatic N) is 2. The average Bonchev–Trinajstić information content (AvgIpc) is 2.29. The van der Waals surface area contributed by atoms with E-state index in [-0.39, 0.29) is 5.56 Å². The normalized spacial score (nSPS) is 10.2. The summed E-state index contributed by atoms with van der Waals surface area (Å²) in [5.74, 6) is -0.954. The summed E-state index contributed by atoms with van der Waals surface area (Å²) in [5.41, 5.74) is 0.241. The minimum atomic E-state index is -0.954. The largest absolute Gasteiger partial charge is 0.478 e. The summed E-state index contributed by atoms with van der Waals surface area (Å²) in [4.78, 5) is 19.5. The van der Waals surface area contributed by atoms with E-state index in [2.05, 4.69) is 9.97 Å².